The van der Waals surface area contributed by atoms with Gasteiger partial charge in [0.1, 0.15) is 0 Å². The summed E-state index contributed by atoms with van der Waals surface area (Å²) < 4.78 is 5.04. The molecule has 0 radical (unpaired) electrons. The first-order chi connectivity index (χ1) is 7.56. The smallest absolute Gasteiger partial charge is 0.330 e. The molecule has 0 rings (SSSR count). The number of ether oxygens (including phenoxy) is 1. The molecule has 0 aliphatic heterocycles. The quantitative estimate of drug-likeness (QED) is 0.373. The highest BCUT2D eigenvalue weighted by Crippen LogP contribution is 2.11. The van der Waals surface area contributed by atoms with E-state index in [2.05, 4.69) is 26.8 Å². The first-order valence-corrected chi connectivity index (χ1v) is 5.99. The Bertz CT molecular complexity index is 247. The average Bonchev–Trinajstić information content (AvgIpc) is 2.17. The second-order valence-corrected chi connectivity index (χ2v) is 4.42. The third-order valence-corrected chi connectivity index (χ3v) is 2.37. The minimum absolute atomic E-state index is 0.237. The number of rotatable bonds is 7. The van der Waals surface area contributed by atoms with Crippen molar-refractivity contribution in [2.75, 3.05) is 6.61 Å². The van der Waals surface area contributed by atoms with Gasteiger partial charge in [-0.05, 0) is 46.0 Å². The predicted molar refractivity (Wildman–Crippen MR) is 68.2 cm³/mol. The van der Waals surface area contributed by atoms with Crippen molar-refractivity contribution in [2.24, 2.45) is 5.92 Å². The SMILES string of the molecule is C/C=C/C(=O)OCC[C@H](C)CCC=C(C)C. The van der Waals surface area contributed by atoms with Gasteiger partial charge in [0.15, 0.2) is 0 Å². The van der Waals surface area contributed by atoms with Crippen LogP contribution in [0.5, 0.6) is 0 Å². The van der Waals surface area contributed by atoms with Crippen molar-refractivity contribution in [3.63, 3.8) is 0 Å². The summed E-state index contributed by atoms with van der Waals surface area (Å²) in [6.07, 6.45) is 8.62. The number of hydrogen-bond donors (Lipinski definition) is 0. The molecular formula is C14H24O2. The van der Waals surface area contributed by atoms with Gasteiger partial charge in [0, 0.05) is 6.08 Å². The molecule has 0 heterocycles. The fourth-order valence-corrected chi connectivity index (χ4v) is 1.35. The molecule has 16 heavy (non-hydrogen) atoms. The molecule has 0 aromatic heterocycles. The molecule has 2 heteroatoms. The highest BCUT2D eigenvalue weighted by atomic mass is 16.5. The monoisotopic (exact) mass is 224 g/mol. The molecular weight excluding hydrogens is 200 g/mol. The van der Waals surface area contributed by atoms with Crippen molar-refractivity contribution in [1.82, 2.24) is 0 Å². The van der Waals surface area contributed by atoms with Crippen LogP contribution >= 0.6 is 0 Å². The summed E-state index contributed by atoms with van der Waals surface area (Å²) in [5, 5.41) is 0. The maximum absolute atomic E-state index is 11.0. The fraction of sp³-hybridized carbons (Fsp3) is 0.643. The molecule has 92 valence electrons. The number of esters is 1. The average molecular weight is 224 g/mol. The van der Waals surface area contributed by atoms with E-state index in [-0.39, 0.29) is 5.97 Å². The maximum atomic E-state index is 11.0. The van der Waals surface area contributed by atoms with E-state index in [1.54, 1.807) is 6.08 Å². The Labute approximate surface area is 99.4 Å². The van der Waals surface area contributed by atoms with Gasteiger partial charge >= 0.3 is 5.97 Å². The van der Waals surface area contributed by atoms with Gasteiger partial charge in [-0.25, -0.2) is 4.79 Å². The Morgan fingerprint density at radius 3 is 2.56 bits per heavy atom. The van der Waals surface area contributed by atoms with E-state index < -0.39 is 0 Å². The normalized spacial score (nSPS) is 12.5. The van der Waals surface area contributed by atoms with Crippen LogP contribution in [0.4, 0.5) is 0 Å². The van der Waals surface area contributed by atoms with Crippen LogP contribution in [0.2, 0.25) is 0 Å². The van der Waals surface area contributed by atoms with Gasteiger partial charge in [-0.3, -0.25) is 0 Å². The van der Waals surface area contributed by atoms with Crippen molar-refractivity contribution in [2.45, 2.75) is 47.0 Å². The number of hydrogen-bond acceptors (Lipinski definition) is 2. The highest BCUT2D eigenvalue weighted by molar-refractivity contribution is 5.81. The number of carbonyl (C=O) groups excluding carboxylic acids is 1. The van der Waals surface area contributed by atoms with E-state index in [1.807, 2.05) is 6.92 Å². The van der Waals surface area contributed by atoms with Gasteiger partial charge in [0.2, 0.25) is 0 Å². The lowest BCUT2D eigenvalue weighted by molar-refractivity contribution is -0.138. The molecule has 0 bridgehead atoms. The highest BCUT2D eigenvalue weighted by Gasteiger charge is 2.02. The van der Waals surface area contributed by atoms with Crippen molar-refractivity contribution >= 4 is 5.97 Å². The van der Waals surface area contributed by atoms with E-state index in [4.69, 9.17) is 4.74 Å². The van der Waals surface area contributed by atoms with Crippen LogP contribution in [0.1, 0.15) is 47.0 Å². The lowest BCUT2D eigenvalue weighted by Gasteiger charge is -2.09. The molecule has 0 aromatic carbocycles. The molecule has 0 amide bonds. The summed E-state index contributed by atoms with van der Waals surface area (Å²) in [5.41, 5.74) is 1.37. The van der Waals surface area contributed by atoms with E-state index in [9.17, 15) is 4.79 Å². The molecule has 0 spiro atoms. The molecule has 0 fully saturated rings. The second-order valence-electron chi connectivity index (χ2n) is 4.42. The van der Waals surface area contributed by atoms with Gasteiger partial charge in [-0.15, -0.1) is 0 Å². The Morgan fingerprint density at radius 1 is 1.31 bits per heavy atom. The first-order valence-electron chi connectivity index (χ1n) is 5.99. The Hall–Kier alpha value is -1.05. The van der Waals surface area contributed by atoms with E-state index in [0.29, 0.717) is 12.5 Å². The summed E-state index contributed by atoms with van der Waals surface area (Å²) in [6, 6.07) is 0. The topological polar surface area (TPSA) is 26.3 Å². The fourth-order valence-electron chi connectivity index (χ4n) is 1.35. The van der Waals surface area contributed by atoms with E-state index in [1.165, 1.54) is 11.6 Å². The summed E-state index contributed by atoms with van der Waals surface area (Å²) in [5.74, 6) is 0.369. The van der Waals surface area contributed by atoms with Crippen molar-refractivity contribution in [3.8, 4) is 0 Å². The summed E-state index contributed by atoms with van der Waals surface area (Å²) >= 11 is 0. The van der Waals surface area contributed by atoms with Gasteiger partial charge in [-0.1, -0.05) is 24.6 Å². The van der Waals surface area contributed by atoms with Gasteiger partial charge in [0.25, 0.3) is 0 Å². The first kappa shape index (κ1) is 14.9. The van der Waals surface area contributed by atoms with Gasteiger partial charge < -0.3 is 4.74 Å². The van der Waals surface area contributed by atoms with Crippen LogP contribution in [0.25, 0.3) is 0 Å². The van der Waals surface area contributed by atoms with E-state index >= 15 is 0 Å². The Kier molecular flexibility index (Phi) is 8.59. The molecule has 2 nitrogen and oxygen atoms in total. The third kappa shape index (κ3) is 9.50. The molecule has 0 aliphatic carbocycles. The summed E-state index contributed by atoms with van der Waals surface area (Å²) in [4.78, 5) is 11.0. The van der Waals surface area contributed by atoms with Gasteiger partial charge in [-0.2, -0.15) is 0 Å². The number of allylic oxidation sites excluding steroid dienone is 3. The molecule has 0 N–H and O–H groups in total. The van der Waals surface area contributed by atoms with E-state index in [0.717, 1.165) is 19.3 Å². The predicted octanol–water partition coefficient (Wildman–Crippen LogP) is 3.88. The zero-order valence-electron chi connectivity index (χ0n) is 11.0. The van der Waals surface area contributed by atoms with Crippen LogP contribution < -0.4 is 0 Å². The van der Waals surface area contributed by atoms with Crippen molar-refractivity contribution < 1.29 is 9.53 Å². The van der Waals surface area contributed by atoms with Crippen molar-refractivity contribution in [3.05, 3.63) is 23.8 Å². The van der Waals surface area contributed by atoms with Crippen LogP contribution in [0.15, 0.2) is 23.8 Å². The lowest BCUT2D eigenvalue weighted by Crippen LogP contribution is -2.06. The molecule has 0 saturated heterocycles. The molecule has 0 unspecified atom stereocenters. The van der Waals surface area contributed by atoms with Crippen LogP contribution in [0.3, 0.4) is 0 Å². The molecule has 0 aliphatic rings. The van der Waals surface area contributed by atoms with Crippen LogP contribution in [0, 0.1) is 5.92 Å². The van der Waals surface area contributed by atoms with Crippen LogP contribution in [-0.2, 0) is 9.53 Å². The molecule has 1 atom stereocenters. The third-order valence-electron chi connectivity index (χ3n) is 2.37. The van der Waals surface area contributed by atoms with Crippen LogP contribution in [-0.4, -0.2) is 12.6 Å². The molecule has 0 saturated carbocycles. The summed E-state index contributed by atoms with van der Waals surface area (Å²) in [6.45, 7) is 8.76. The zero-order chi connectivity index (χ0) is 12.4. The van der Waals surface area contributed by atoms with Gasteiger partial charge in [0.05, 0.1) is 6.61 Å². The molecule has 0 aromatic rings. The second kappa shape index (κ2) is 9.20. The minimum Gasteiger partial charge on any atom is -0.463 e. The Morgan fingerprint density at radius 2 is 2.00 bits per heavy atom. The minimum atomic E-state index is -0.237. The largest absolute Gasteiger partial charge is 0.463 e. The Balaban J connectivity index is 3.54. The maximum Gasteiger partial charge on any atom is 0.330 e. The zero-order valence-corrected chi connectivity index (χ0v) is 11.0. The number of carbonyl (C=O) groups is 1. The summed E-state index contributed by atoms with van der Waals surface area (Å²) in [7, 11) is 0. The lowest BCUT2D eigenvalue weighted by atomic mass is 10.0. The standard InChI is InChI=1S/C14H24O2/c1-5-7-14(15)16-11-10-13(4)9-6-8-12(2)3/h5,7-8,13H,6,9-11H2,1-4H3/b7-5+/t13-/m1/s1. The van der Waals surface area contributed by atoms with Crippen molar-refractivity contribution in [1.29, 1.82) is 0 Å².